The maximum Gasteiger partial charge on any atom is 0.228 e. The Morgan fingerprint density at radius 3 is 2.52 bits per heavy atom. The molecular weight excluding hydrogens is 368 g/mol. The molecule has 4 rings (SSSR count). The zero-order valence-corrected chi connectivity index (χ0v) is 16.8. The highest BCUT2D eigenvalue weighted by atomic mass is 16.5. The van der Waals surface area contributed by atoms with Gasteiger partial charge in [0.1, 0.15) is 11.5 Å². The Morgan fingerprint density at radius 1 is 1.10 bits per heavy atom. The standard InChI is InChI=1S/C23H26N2O4/c1-28-19-10-11-21(29-2)20(13-19)25-15-17(12-22(25)26)23(27)24(18-8-9-18)14-16-6-4-3-5-7-16/h3-7,10-11,13,17-18H,8-9,12,14-15H2,1-2H3. The van der Waals surface area contributed by atoms with Crippen molar-refractivity contribution >= 4 is 17.5 Å². The van der Waals surface area contributed by atoms with Crippen LogP contribution < -0.4 is 14.4 Å². The molecule has 0 N–H and O–H groups in total. The molecule has 2 aromatic carbocycles. The van der Waals surface area contributed by atoms with Crippen molar-refractivity contribution in [1.29, 1.82) is 0 Å². The van der Waals surface area contributed by atoms with Crippen molar-refractivity contribution in [3.05, 3.63) is 54.1 Å². The highest BCUT2D eigenvalue weighted by Crippen LogP contribution is 2.37. The molecule has 29 heavy (non-hydrogen) atoms. The van der Waals surface area contributed by atoms with E-state index >= 15 is 0 Å². The summed E-state index contributed by atoms with van der Waals surface area (Å²) in [7, 11) is 3.16. The molecule has 2 aliphatic rings. The number of rotatable bonds is 7. The molecule has 0 radical (unpaired) electrons. The van der Waals surface area contributed by atoms with Crippen LogP contribution in [0.25, 0.3) is 0 Å². The monoisotopic (exact) mass is 394 g/mol. The van der Waals surface area contributed by atoms with E-state index in [-0.39, 0.29) is 24.2 Å². The third-order valence-corrected chi connectivity index (χ3v) is 5.62. The van der Waals surface area contributed by atoms with E-state index in [1.54, 1.807) is 37.3 Å². The van der Waals surface area contributed by atoms with Crippen molar-refractivity contribution in [3.8, 4) is 11.5 Å². The molecule has 6 nitrogen and oxygen atoms in total. The summed E-state index contributed by atoms with van der Waals surface area (Å²) in [6.07, 6.45) is 2.29. The van der Waals surface area contributed by atoms with Crippen LogP contribution in [0, 0.1) is 5.92 Å². The van der Waals surface area contributed by atoms with Gasteiger partial charge >= 0.3 is 0 Å². The number of hydrogen-bond donors (Lipinski definition) is 0. The Hall–Kier alpha value is -3.02. The van der Waals surface area contributed by atoms with Crippen LogP contribution in [0.3, 0.4) is 0 Å². The molecule has 2 amide bonds. The second kappa shape index (κ2) is 8.15. The first-order chi connectivity index (χ1) is 14.1. The van der Waals surface area contributed by atoms with Gasteiger partial charge in [-0.2, -0.15) is 0 Å². The predicted molar refractivity (Wildman–Crippen MR) is 110 cm³/mol. The van der Waals surface area contributed by atoms with E-state index < -0.39 is 0 Å². The predicted octanol–water partition coefficient (Wildman–Crippen LogP) is 3.25. The van der Waals surface area contributed by atoms with E-state index in [9.17, 15) is 9.59 Å². The van der Waals surface area contributed by atoms with Crippen LogP contribution in [-0.4, -0.2) is 43.5 Å². The van der Waals surface area contributed by atoms with Crippen LogP contribution in [0.2, 0.25) is 0 Å². The van der Waals surface area contributed by atoms with Gasteiger partial charge in [0.05, 0.1) is 25.8 Å². The number of methoxy groups -OCH3 is 2. The molecule has 1 atom stereocenters. The smallest absolute Gasteiger partial charge is 0.228 e. The van der Waals surface area contributed by atoms with E-state index in [2.05, 4.69) is 0 Å². The molecule has 1 aliphatic carbocycles. The lowest BCUT2D eigenvalue weighted by molar-refractivity contribution is -0.137. The minimum atomic E-state index is -0.345. The van der Waals surface area contributed by atoms with E-state index in [0.29, 0.717) is 36.3 Å². The van der Waals surface area contributed by atoms with Crippen molar-refractivity contribution in [3.63, 3.8) is 0 Å². The highest BCUT2D eigenvalue weighted by molar-refractivity contribution is 6.01. The summed E-state index contributed by atoms with van der Waals surface area (Å²) >= 11 is 0. The molecule has 1 saturated carbocycles. The Balaban J connectivity index is 1.53. The zero-order valence-electron chi connectivity index (χ0n) is 16.8. The molecule has 152 valence electrons. The van der Waals surface area contributed by atoms with Crippen molar-refractivity contribution < 1.29 is 19.1 Å². The van der Waals surface area contributed by atoms with Crippen molar-refractivity contribution in [2.75, 3.05) is 25.7 Å². The van der Waals surface area contributed by atoms with Gasteiger partial charge in [-0.1, -0.05) is 30.3 Å². The summed E-state index contributed by atoms with van der Waals surface area (Å²) in [4.78, 5) is 29.7. The summed E-state index contributed by atoms with van der Waals surface area (Å²) in [5.74, 6) is 0.893. The van der Waals surface area contributed by atoms with Gasteiger partial charge in [-0.3, -0.25) is 9.59 Å². The summed E-state index contributed by atoms with van der Waals surface area (Å²) in [6, 6.07) is 15.7. The van der Waals surface area contributed by atoms with E-state index in [1.807, 2.05) is 35.2 Å². The number of anilines is 1. The number of amides is 2. The summed E-state index contributed by atoms with van der Waals surface area (Å²) in [5.41, 5.74) is 1.76. The second-order valence-electron chi connectivity index (χ2n) is 7.63. The lowest BCUT2D eigenvalue weighted by Gasteiger charge is -2.26. The van der Waals surface area contributed by atoms with Gasteiger partial charge in [-0.05, 0) is 30.5 Å². The van der Waals surface area contributed by atoms with Gasteiger partial charge < -0.3 is 19.3 Å². The molecule has 0 spiro atoms. The van der Waals surface area contributed by atoms with Crippen molar-refractivity contribution in [1.82, 2.24) is 4.90 Å². The SMILES string of the molecule is COc1ccc(OC)c(N2CC(C(=O)N(Cc3ccccc3)C3CC3)CC2=O)c1. The molecule has 0 aromatic heterocycles. The molecule has 2 fully saturated rings. The minimum Gasteiger partial charge on any atom is -0.497 e. The first-order valence-corrected chi connectivity index (χ1v) is 9.97. The number of hydrogen-bond acceptors (Lipinski definition) is 4. The molecule has 6 heteroatoms. The fraction of sp³-hybridized carbons (Fsp3) is 0.391. The number of ether oxygens (including phenoxy) is 2. The number of nitrogens with zero attached hydrogens (tertiary/aromatic N) is 2. The van der Waals surface area contributed by atoms with Crippen LogP contribution in [0.15, 0.2) is 48.5 Å². The summed E-state index contributed by atoms with van der Waals surface area (Å²) in [5, 5.41) is 0. The van der Waals surface area contributed by atoms with Gasteiger partial charge in [0.25, 0.3) is 0 Å². The quantitative estimate of drug-likeness (QED) is 0.723. The first-order valence-electron chi connectivity index (χ1n) is 9.97. The van der Waals surface area contributed by atoms with Crippen LogP contribution in [0.4, 0.5) is 5.69 Å². The second-order valence-corrected chi connectivity index (χ2v) is 7.63. The molecule has 2 aromatic rings. The number of carbonyl (C=O) groups is 2. The van der Waals surface area contributed by atoms with E-state index in [4.69, 9.17) is 9.47 Å². The summed E-state index contributed by atoms with van der Waals surface area (Å²) < 4.78 is 10.7. The van der Waals surface area contributed by atoms with Crippen LogP contribution in [0.1, 0.15) is 24.8 Å². The highest BCUT2D eigenvalue weighted by Gasteiger charge is 2.42. The van der Waals surface area contributed by atoms with Crippen LogP contribution >= 0.6 is 0 Å². The molecular formula is C23H26N2O4. The average molecular weight is 394 g/mol. The minimum absolute atomic E-state index is 0.0640. The fourth-order valence-corrected chi connectivity index (χ4v) is 3.90. The Morgan fingerprint density at radius 2 is 1.86 bits per heavy atom. The normalized spacial score (nSPS) is 18.6. The fourth-order valence-electron chi connectivity index (χ4n) is 3.90. The molecule has 1 saturated heterocycles. The molecule has 1 aliphatic heterocycles. The van der Waals surface area contributed by atoms with Crippen LogP contribution in [0.5, 0.6) is 11.5 Å². The zero-order chi connectivity index (χ0) is 20.4. The average Bonchev–Trinajstić information content (AvgIpc) is 3.53. The van der Waals surface area contributed by atoms with Gasteiger partial charge in [0.2, 0.25) is 11.8 Å². The molecule has 0 bridgehead atoms. The van der Waals surface area contributed by atoms with Crippen molar-refractivity contribution in [2.24, 2.45) is 5.92 Å². The van der Waals surface area contributed by atoms with E-state index in [0.717, 1.165) is 18.4 Å². The third kappa shape index (κ3) is 4.06. The lowest BCUT2D eigenvalue weighted by atomic mass is 10.1. The van der Waals surface area contributed by atoms with Gasteiger partial charge in [-0.25, -0.2) is 0 Å². The lowest BCUT2D eigenvalue weighted by Crippen LogP contribution is -2.38. The maximum absolute atomic E-state index is 13.3. The number of carbonyl (C=O) groups excluding carboxylic acids is 2. The summed E-state index contributed by atoms with van der Waals surface area (Å²) in [6.45, 7) is 0.955. The third-order valence-electron chi connectivity index (χ3n) is 5.62. The number of benzene rings is 2. The molecule has 1 unspecified atom stereocenters. The Bertz CT molecular complexity index is 895. The van der Waals surface area contributed by atoms with Gasteiger partial charge in [-0.15, -0.1) is 0 Å². The largest absolute Gasteiger partial charge is 0.497 e. The van der Waals surface area contributed by atoms with Crippen LogP contribution in [-0.2, 0) is 16.1 Å². The van der Waals surface area contributed by atoms with E-state index in [1.165, 1.54) is 0 Å². The topological polar surface area (TPSA) is 59.1 Å². The first kappa shape index (κ1) is 19.3. The maximum atomic E-state index is 13.3. The van der Waals surface area contributed by atoms with Gasteiger partial charge in [0, 0.05) is 31.6 Å². The van der Waals surface area contributed by atoms with Gasteiger partial charge in [0.15, 0.2) is 0 Å². The Labute approximate surface area is 171 Å². The molecule has 1 heterocycles. The van der Waals surface area contributed by atoms with Crippen molar-refractivity contribution in [2.45, 2.75) is 31.8 Å². The Kier molecular flexibility index (Phi) is 5.43.